The van der Waals surface area contributed by atoms with Crippen LogP contribution in [0.15, 0.2) is 78.9 Å². The zero-order chi connectivity index (χ0) is 55.6. The van der Waals surface area contributed by atoms with E-state index < -0.39 is 17.8 Å². The van der Waals surface area contributed by atoms with Crippen molar-refractivity contribution in [1.29, 1.82) is 0 Å². The number of carbonyl (C=O) groups excluding carboxylic acids is 6. The average Bonchev–Trinajstić information content (AvgIpc) is 4.40. The number of nitrogens with one attached hydrogen (secondary N) is 3. The summed E-state index contributed by atoms with van der Waals surface area (Å²) in [5.41, 5.74) is 6.76. The smallest absolute Gasteiger partial charge is 0.321 e. The summed E-state index contributed by atoms with van der Waals surface area (Å²) in [4.78, 5) is 74.5. The molecule has 5 N–H and O–H groups in total. The van der Waals surface area contributed by atoms with Crippen molar-refractivity contribution < 1.29 is 52.6 Å². The maximum Gasteiger partial charge on any atom is 0.321 e. The molecule has 2 aliphatic heterocycles. The molecule has 9 rings (SSSR count). The van der Waals surface area contributed by atoms with E-state index in [-0.39, 0.29) is 47.1 Å². The normalized spacial score (nSPS) is 16.8. The van der Waals surface area contributed by atoms with E-state index in [1.165, 1.54) is 30.6 Å². The van der Waals surface area contributed by atoms with Crippen molar-refractivity contribution in [1.82, 2.24) is 15.3 Å². The Balaban J connectivity index is 0.000000267. The van der Waals surface area contributed by atoms with Crippen LogP contribution in [0.3, 0.4) is 0 Å². The summed E-state index contributed by atoms with van der Waals surface area (Å²) in [5.74, 6) is -1.44. The number of aldehydes is 3. The molecule has 2 aliphatic carbocycles. The lowest BCUT2D eigenvalue weighted by atomic mass is 9.85. The first-order valence-corrected chi connectivity index (χ1v) is 26.8. The van der Waals surface area contributed by atoms with E-state index in [4.69, 9.17) is 14.9 Å². The van der Waals surface area contributed by atoms with Gasteiger partial charge >= 0.3 is 6.03 Å². The van der Waals surface area contributed by atoms with E-state index in [2.05, 4.69) is 22.9 Å². The van der Waals surface area contributed by atoms with Crippen LogP contribution in [0, 0.1) is 12.7 Å². The summed E-state index contributed by atoms with van der Waals surface area (Å²) in [5, 5.41) is 26.3. The maximum absolute atomic E-state index is 14.9. The lowest BCUT2D eigenvalue weighted by molar-refractivity contribution is -0.145. The fraction of sp³-hybridized carbons (Fsp3) is 0.448. The fourth-order valence-electron chi connectivity index (χ4n) is 10.4. The number of amides is 4. The second kappa shape index (κ2) is 28.5. The topological polar surface area (TPSA) is 198 Å². The molecule has 76 heavy (non-hydrogen) atoms. The molecule has 2 spiro atoms. The number of benzene rings is 4. The molecule has 3 heterocycles. The van der Waals surface area contributed by atoms with Crippen molar-refractivity contribution in [2.75, 3.05) is 56.5 Å². The van der Waals surface area contributed by atoms with Crippen LogP contribution in [0.2, 0.25) is 0 Å². The second-order valence-corrected chi connectivity index (χ2v) is 20.1. The molecule has 2 saturated heterocycles. The van der Waals surface area contributed by atoms with Crippen LogP contribution >= 0.6 is 11.3 Å². The first-order valence-electron chi connectivity index (χ1n) is 26.0. The van der Waals surface area contributed by atoms with Crippen LogP contribution in [-0.4, -0.2) is 122 Å². The Morgan fingerprint density at radius 2 is 1.54 bits per heavy atom. The number of carbonyl (C=O) groups is 6. The van der Waals surface area contributed by atoms with Crippen LogP contribution < -0.4 is 25.6 Å². The lowest BCUT2D eigenvalue weighted by Gasteiger charge is -2.38. The number of thiophene rings is 1. The van der Waals surface area contributed by atoms with Crippen LogP contribution in [0.4, 0.5) is 30.7 Å². The first-order chi connectivity index (χ1) is 36.8. The number of aryl methyl sites for hydroxylation is 2. The number of likely N-dealkylation sites (N-methyl/N-ethyl adjacent to an activating group) is 1. The minimum atomic E-state index is -1.15. The van der Waals surface area contributed by atoms with E-state index in [9.17, 15) is 37.6 Å². The van der Waals surface area contributed by atoms with Crippen LogP contribution in [0.5, 0.6) is 5.75 Å². The standard InChI is InChI=1S/C32H37FN4O4.C22H23FN2O3S.C2H6.2CH4O/c1-4-23-9-6-10-25(20-23)34-32(41)36-17-15-24(16-18-36)26-13-14-28(30-22(2)8-5-11-27(26)30)37(21-39)29(12-7-19-38)31(40)35(3)33;23-18-19(28-9-8-26)17(13-27)29-20(18)14-2-1-3-15(10-14)24-16-11-21(4-5-21)25-22(12-16)6-7-22;3*1-2/h5-6,8-11,13-14,19-21,24,29H,4,7,12,15-18H2,1-3H3,(H,34,41);1-3,8,10,13,16,24-25H,4-7,9,11-12H2;1-2H3;2*2H,1H3. The van der Waals surface area contributed by atoms with Gasteiger partial charge < -0.3 is 45.5 Å². The van der Waals surface area contributed by atoms with Crippen molar-refractivity contribution in [2.45, 2.75) is 127 Å². The maximum atomic E-state index is 14.9. The third-order valence-electron chi connectivity index (χ3n) is 14.2. The van der Waals surface area contributed by atoms with Gasteiger partial charge in [0.2, 0.25) is 6.41 Å². The van der Waals surface area contributed by atoms with Gasteiger partial charge in [0.25, 0.3) is 5.91 Å². The van der Waals surface area contributed by atoms with Gasteiger partial charge in [0.15, 0.2) is 24.1 Å². The third kappa shape index (κ3) is 14.7. The molecule has 1 aromatic heterocycles. The van der Waals surface area contributed by atoms with Crippen molar-refractivity contribution >= 4 is 76.4 Å². The highest BCUT2D eigenvalue weighted by molar-refractivity contribution is 7.17. The molecule has 1 unspecified atom stereocenters. The number of halogens is 2. The predicted molar refractivity (Wildman–Crippen MR) is 297 cm³/mol. The summed E-state index contributed by atoms with van der Waals surface area (Å²) in [7, 11) is 2.99. The number of urea groups is 1. The number of likely N-dealkylation sites (tertiary alicyclic amines) is 1. The van der Waals surface area contributed by atoms with Gasteiger partial charge in [-0.2, -0.15) is 5.12 Å². The first kappa shape index (κ1) is 60.3. The summed E-state index contributed by atoms with van der Waals surface area (Å²) in [6, 6.07) is 24.3. The summed E-state index contributed by atoms with van der Waals surface area (Å²) < 4.78 is 34.0. The molecule has 2 saturated carbocycles. The highest BCUT2D eigenvalue weighted by Crippen LogP contribution is 2.54. The molecule has 4 aromatic carbocycles. The van der Waals surface area contributed by atoms with Crippen LogP contribution in [0.25, 0.3) is 21.2 Å². The Bertz CT molecular complexity index is 2740. The molecule has 5 aromatic rings. The molecule has 4 amide bonds. The summed E-state index contributed by atoms with van der Waals surface area (Å²) >= 11 is 1.04. The van der Waals surface area contributed by atoms with E-state index in [1.807, 2.05) is 98.5 Å². The monoisotopic (exact) mass is 1070 g/mol. The van der Waals surface area contributed by atoms with Gasteiger partial charge in [-0.15, -0.1) is 11.3 Å². The largest absolute Gasteiger partial charge is 0.481 e. The minimum absolute atomic E-state index is 0.00766. The zero-order valence-electron chi connectivity index (χ0n) is 44.7. The zero-order valence-corrected chi connectivity index (χ0v) is 45.5. The highest BCUT2D eigenvalue weighted by atomic mass is 32.1. The Morgan fingerprint density at radius 3 is 2.13 bits per heavy atom. The quantitative estimate of drug-likeness (QED) is 0.0439. The molecule has 0 radical (unpaired) electrons. The number of anilines is 3. The molecule has 4 fully saturated rings. The van der Waals surface area contributed by atoms with Crippen LogP contribution in [0.1, 0.15) is 117 Å². The average molecular weight is 1070 g/mol. The van der Waals surface area contributed by atoms with Crippen molar-refractivity contribution in [3.8, 4) is 16.2 Å². The molecular weight excluding hydrogens is 995 g/mol. The van der Waals surface area contributed by atoms with Crippen molar-refractivity contribution in [3.05, 3.63) is 106 Å². The van der Waals surface area contributed by atoms with Crippen molar-refractivity contribution in [2.24, 2.45) is 0 Å². The number of fused-ring (bicyclic) bond motifs is 1. The predicted octanol–water partition coefficient (Wildman–Crippen LogP) is 10.2. The number of hydrogen-bond acceptors (Lipinski definition) is 12. The van der Waals surface area contributed by atoms with Gasteiger partial charge in [0, 0.05) is 74.7 Å². The summed E-state index contributed by atoms with van der Waals surface area (Å²) in [6.45, 7) is 8.93. The fourth-order valence-corrected chi connectivity index (χ4v) is 11.3. The van der Waals surface area contributed by atoms with Crippen molar-refractivity contribution in [3.63, 3.8) is 0 Å². The Kier molecular flexibility index (Phi) is 22.6. The van der Waals surface area contributed by atoms with Gasteiger partial charge in [-0.1, -0.05) is 73.8 Å². The number of ether oxygens (including phenoxy) is 1. The number of hydrogen-bond donors (Lipinski definition) is 5. The highest BCUT2D eigenvalue weighted by Gasteiger charge is 2.58. The molecular formula is C58H74F2N6O9S. The SMILES string of the molecule is CC.CCc1cccc(NC(=O)N2CCC(c3ccc(N(C=O)C(CCC=O)C(=O)N(C)F)c4c(C)cccc34)CC2)c1.CO.CO.O=CCOc1c(C=O)sc(-c2cccc(NC3CC4(CC4)NC4(CC4)C3)c2)c1F. The second-order valence-electron chi connectivity index (χ2n) is 19.1. The van der Waals surface area contributed by atoms with Gasteiger partial charge in [-0.3, -0.25) is 19.2 Å². The number of aliphatic hydroxyl groups excluding tert-OH is 2. The molecule has 0 bridgehead atoms. The molecule has 18 heteroatoms. The van der Waals surface area contributed by atoms with Gasteiger partial charge in [0.1, 0.15) is 23.8 Å². The van der Waals surface area contributed by atoms with E-state index in [1.54, 1.807) is 6.07 Å². The number of aliphatic hydroxyl groups is 2. The van der Waals surface area contributed by atoms with Gasteiger partial charge in [-0.25, -0.2) is 9.18 Å². The Hall–Kier alpha value is -6.60. The minimum Gasteiger partial charge on any atom is -0.481 e. The van der Waals surface area contributed by atoms with E-state index in [0.29, 0.717) is 71.6 Å². The summed E-state index contributed by atoms with van der Waals surface area (Å²) in [6.07, 6.45) is 12.0. The molecule has 1 atom stereocenters. The molecule has 15 nitrogen and oxygen atoms in total. The van der Waals surface area contributed by atoms with E-state index in [0.717, 1.165) is 104 Å². The van der Waals surface area contributed by atoms with E-state index >= 15 is 0 Å². The third-order valence-corrected chi connectivity index (χ3v) is 15.3. The van der Waals surface area contributed by atoms with Gasteiger partial charge in [-0.05, 0) is 135 Å². The number of nitrogens with zero attached hydrogens (tertiary/aromatic N) is 3. The number of piperidine rings is 2. The number of rotatable bonds is 17. The Labute approximate surface area is 448 Å². The molecule has 410 valence electrons. The molecule has 4 aliphatic rings. The van der Waals surface area contributed by atoms with Crippen LogP contribution in [-0.2, 0) is 25.6 Å². The van der Waals surface area contributed by atoms with Gasteiger partial charge in [0.05, 0.1) is 10.6 Å². The lowest BCUT2D eigenvalue weighted by Crippen LogP contribution is -2.52. The Morgan fingerprint density at radius 1 is 0.895 bits per heavy atom.